The fourth-order valence-corrected chi connectivity index (χ4v) is 1.75. The van der Waals surface area contributed by atoms with Crippen LogP contribution >= 0.6 is 0 Å². The lowest BCUT2D eigenvalue weighted by Gasteiger charge is -2.16. The highest BCUT2D eigenvalue weighted by Gasteiger charge is 2.55. The number of aromatic nitrogens is 1. The van der Waals surface area contributed by atoms with Gasteiger partial charge in [-0.1, -0.05) is 0 Å². The third-order valence-electron chi connectivity index (χ3n) is 2.80. The highest BCUT2D eigenvalue weighted by molar-refractivity contribution is 5.85. The van der Waals surface area contributed by atoms with Crippen molar-refractivity contribution in [2.45, 2.75) is 24.4 Å². The fourth-order valence-electron chi connectivity index (χ4n) is 1.75. The minimum atomic E-state index is -4.54. The Morgan fingerprint density at radius 1 is 1.44 bits per heavy atom. The highest BCUT2D eigenvalue weighted by Crippen LogP contribution is 2.51. The number of carboxylic acids is 1. The second kappa shape index (κ2) is 3.20. The first kappa shape index (κ1) is 10.9. The summed E-state index contributed by atoms with van der Waals surface area (Å²) >= 11 is 0. The molecule has 0 radical (unpaired) electrons. The average molecular weight is 231 g/mol. The maximum Gasteiger partial charge on any atom is 0.416 e. The van der Waals surface area contributed by atoms with E-state index in [9.17, 15) is 18.0 Å². The van der Waals surface area contributed by atoms with Crippen molar-refractivity contribution in [3.63, 3.8) is 0 Å². The van der Waals surface area contributed by atoms with E-state index in [4.69, 9.17) is 5.11 Å². The van der Waals surface area contributed by atoms with Crippen LogP contribution in [0.25, 0.3) is 0 Å². The predicted molar refractivity (Wildman–Crippen MR) is 47.8 cm³/mol. The number of hydrogen-bond acceptors (Lipinski definition) is 2. The summed E-state index contributed by atoms with van der Waals surface area (Å²) in [4.78, 5) is 14.6. The molecule has 6 heteroatoms. The number of hydrogen-bond donors (Lipinski definition) is 1. The summed E-state index contributed by atoms with van der Waals surface area (Å²) in [6, 6.07) is 0.818. The molecule has 0 amide bonds. The van der Waals surface area contributed by atoms with Crippen LogP contribution in [0.15, 0.2) is 18.5 Å². The van der Waals surface area contributed by atoms with E-state index in [1.807, 2.05) is 0 Å². The van der Waals surface area contributed by atoms with E-state index in [-0.39, 0.29) is 18.4 Å². The maximum absolute atomic E-state index is 12.6. The summed E-state index contributed by atoms with van der Waals surface area (Å²) < 4.78 is 37.9. The number of halogens is 3. The van der Waals surface area contributed by atoms with E-state index < -0.39 is 23.1 Å². The molecule has 1 N–H and O–H groups in total. The van der Waals surface area contributed by atoms with Crippen molar-refractivity contribution in [2.75, 3.05) is 0 Å². The highest BCUT2D eigenvalue weighted by atomic mass is 19.4. The largest absolute Gasteiger partial charge is 0.481 e. The van der Waals surface area contributed by atoms with E-state index >= 15 is 0 Å². The van der Waals surface area contributed by atoms with Crippen LogP contribution < -0.4 is 0 Å². The number of aliphatic carboxylic acids is 1. The molecule has 16 heavy (non-hydrogen) atoms. The molecule has 1 fully saturated rings. The smallest absolute Gasteiger partial charge is 0.416 e. The normalized spacial score (nSPS) is 18.2. The van der Waals surface area contributed by atoms with E-state index in [1.165, 1.54) is 0 Å². The Labute approximate surface area is 88.9 Å². The Balaban J connectivity index is 2.54. The van der Waals surface area contributed by atoms with Crippen molar-refractivity contribution < 1.29 is 23.1 Å². The standard InChI is InChI=1S/C10H8F3NO2/c11-10(12,13)6-1-4-14-5-7(6)9(2-3-9)8(15)16/h1,4-5H,2-3H2,(H,15,16). The van der Waals surface area contributed by atoms with Gasteiger partial charge in [0.15, 0.2) is 0 Å². The summed E-state index contributed by atoms with van der Waals surface area (Å²) in [6.07, 6.45) is -2.05. The molecule has 1 aromatic heterocycles. The van der Waals surface area contributed by atoms with Gasteiger partial charge in [0.1, 0.15) is 0 Å². The first-order valence-corrected chi connectivity index (χ1v) is 4.63. The first-order valence-electron chi connectivity index (χ1n) is 4.63. The Morgan fingerprint density at radius 3 is 2.50 bits per heavy atom. The number of pyridine rings is 1. The van der Waals surface area contributed by atoms with Gasteiger partial charge in [0.2, 0.25) is 0 Å². The third kappa shape index (κ3) is 1.54. The Hall–Kier alpha value is -1.59. The van der Waals surface area contributed by atoms with Crippen LogP contribution in [0.2, 0.25) is 0 Å². The summed E-state index contributed by atoms with van der Waals surface area (Å²) in [7, 11) is 0. The summed E-state index contributed by atoms with van der Waals surface area (Å²) in [5.74, 6) is -1.22. The lowest BCUT2D eigenvalue weighted by atomic mass is 9.93. The molecule has 1 heterocycles. The number of rotatable bonds is 2. The fraction of sp³-hybridized carbons (Fsp3) is 0.400. The summed E-state index contributed by atoms with van der Waals surface area (Å²) in [5, 5.41) is 8.95. The van der Waals surface area contributed by atoms with Crippen molar-refractivity contribution in [1.82, 2.24) is 4.98 Å². The topological polar surface area (TPSA) is 50.2 Å². The molecular formula is C10H8F3NO2. The second-order valence-electron chi connectivity index (χ2n) is 3.81. The van der Waals surface area contributed by atoms with Crippen molar-refractivity contribution in [1.29, 1.82) is 0 Å². The lowest BCUT2D eigenvalue weighted by molar-refractivity contribution is -0.142. The molecule has 1 saturated carbocycles. The molecule has 0 spiro atoms. The average Bonchev–Trinajstić information content (AvgIpc) is 2.97. The van der Waals surface area contributed by atoms with Crippen LogP contribution in [-0.4, -0.2) is 16.1 Å². The summed E-state index contributed by atoms with van der Waals surface area (Å²) in [6.45, 7) is 0. The molecule has 0 bridgehead atoms. The molecule has 0 aliphatic heterocycles. The predicted octanol–water partition coefficient (Wildman–Crippen LogP) is 2.22. The number of nitrogens with zero attached hydrogens (tertiary/aromatic N) is 1. The van der Waals surface area contributed by atoms with Crippen LogP contribution in [0.1, 0.15) is 24.0 Å². The van der Waals surface area contributed by atoms with E-state index in [0.717, 1.165) is 18.5 Å². The van der Waals surface area contributed by atoms with Gasteiger partial charge < -0.3 is 5.11 Å². The molecule has 86 valence electrons. The van der Waals surface area contributed by atoms with Gasteiger partial charge in [-0.05, 0) is 24.5 Å². The summed E-state index contributed by atoms with van der Waals surface area (Å²) in [5.41, 5.74) is -2.50. The van der Waals surface area contributed by atoms with Crippen molar-refractivity contribution in [3.05, 3.63) is 29.6 Å². The van der Waals surface area contributed by atoms with E-state index in [0.29, 0.717) is 0 Å². The second-order valence-corrected chi connectivity index (χ2v) is 3.81. The lowest BCUT2D eigenvalue weighted by Crippen LogP contribution is -2.24. The van der Waals surface area contributed by atoms with Gasteiger partial charge in [0.25, 0.3) is 0 Å². The molecular weight excluding hydrogens is 223 g/mol. The zero-order chi connectivity index (χ0) is 12.0. The monoisotopic (exact) mass is 231 g/mol. The van der Waals surface area contributed by atoms with Crippen LogP contribution in [0.4, 0.5) is 13.2 Å². The maximum atomic E-state index is 12.6. The van der Waals surface area contributed by atoms with Crippen LogP contribution in [0.5, 0.6) is 0 Å². The Kier molecular flexibility index (Phi) is 2.18. The number of carbonyl (C=O) groups is 1. The van der Waals surface area contributed by atoms with Crippen LogP contribution in [0.3, 0.4) is 0 Å². The van der Waals surface area contributed by atoms with Crippen LogP contribution in [0, 0.1) is 0 Å². The first-order chi connectivity index (χ1) is 7.38. The molecule has 1 aliphatic carbocycles. The Bertz CT molecular complexity index is 438. The van der Waals surface area contributed by atoms with Crippen molar-refractivity contribution in [3.8, 4) is 0 Å². The Morgan fingerprint density at radius 2 is 2.06 bits per heavy atom. The van der Waals surface area contributed by atoms with E-state index in [2.05, 4.69) is 4.98 Å². The zero-order valence-corrected chi connectivity index (χ0v) is 8.08. The molecule has 0 unspecified atom stereocenters. The molecule has 3 nitrogen and oxygen atoms in total. The van der Waals surface area contributed by atoms with Gasteiger partial charge in [-0.15, -0.1) is 0 Å². The van der Waals surface area contributed by atoms with Crippen molar-refractivity contribution >= 4 is 5.97 Å². The molecule has 1 aliphatic rings. The quantitative estimate of drug-likeness (QED) is 0.848. The number of alkyl halides is 3. The third-order valence-corrected chi connectivity index (χ3v) is 2.80. The van der Waals surface area contributed by atoms with E-state index in [1.54, 1.807) is 0 Å². The molecule has 0 saturated heterocycles. The molecule has 1 aromatic rings. The van der Waals surface area contributed by atoms with Gasteiger partial charge in [-0.2, -0.15) is 13.2 Å². The molecule has 0 atom stereocenters. The number of carboxylic acid groups (broad SMARTS) is 1. The molecule has 2 rings (SSSR count). The van der Waals surface area contributed by atoms with Gasteiger partial charge in [-0.3, -0.25) is 9.78 Å². The van der Waals surface area contributed by atoms with Crippen LogP contribution in [-0.2, 0) is 16.4 Å². The van der Waals surface area contributed by atoms with Gasteiger partial charge in [0.05, 0.1) is 11.0 Å². The SMILES string of the molecule is O=C(O)C1(c2cnccc2C(F)(F)F)CC1. The van der Waals surface area contributed by atoms with Gasteiger partial charge in [0, 0.05) is 12.4 Å². The minimum absolute atomic E-state index is 0.227. The zero-order valence-electron chi connectivity index (χ0n) is 8.08. The van der Waals surface area contributed by atoms with Gasteiger partial charge >= 0.3 is 12.1 Å². The minimum Gasteiger partial charge on any atom is -0.481 e. The molecule has 0 aromatic carbocycles. The van der Waals surface area contributed by atoms with Crippen molar-refractivity contribution in [2.24, 2.45) is 0 Å². The van der Waals surface area contributed by atoms with Gasteiger partial charge in [-0.25, -0.2) is 0 Å².